The zero-order valence-corrected chi connectivity index (χ0v) is 10.2. The third kappa shape index (κ3) is 3.47. The van der Waals surface area contributed by atoms with Crippen molar-refractivity contribution < 1.29 is 9.84 Å². The van der Waals surface area contributed by atoms with E-state index in [1.54, 1.807) is 0 Å². The molecule has 1 aromatic heterocycles. The van der Waals surface area contributed by atoms with Crippen LogP contribution in [0.2, 0.25) is 0 Å². The zero-order chi connectivity index (χ0) is 12.0. The van der Waals surface area contributed by atoms with E-state index in [-0.39, 0.29) is 6.61 Å². The second-order valence-electron chi connectivity index (χ2n) is 3.69. The summed E-state index contributed by atoms with van der Waals surface area (Å²) in [5.74, 6) is 0.911. The highest BCUT2D eigenvalue weighted by Crippen LogP contribution is 2.13. The van der Waals surface area contributed by atoms with Crippen LogP contribution in [0.15, 0.2) is 12.1 Å². The molecule has 0 spiro atoms. The van der Waals surface area contributed by atoms with Gasteiger partial charge in [0.15, 0.2) is 0 Å². The first kappa shape index (κ1) is 12.9. The molecule has 0 aliphatic carbocycles. The maximum atomic E-state index is 9.05. The SMILES string of the molecule is CCOCCN(C)c1ccc(CO)c(C)n1. The molecule has 0 atom stereocenters. The number of aryl methyl sites for hydroxylation is 1. The van der Waals surface area contributed by atoms with Gasteiger partial charge in [0, 0.05) is 25.9 Å². The first-order valence-electron chi connectivity index (χ1n) is 5.55. The smallest absolute Gasteiger partial charge is 0.128 e. The van der Waals surface area contributed by atoms with Crippen molar-refractivity contribution >= 4 is 5.82 Å². The highest BCUT2D eigenvalue weighted by atomic mass is 16.5. The van der Waals surface area contributed by atoms with E-state index in [0.29, 0.717) is 6.61 Å². The van der Waals surface area contributed by atoms with Gasteiger partial charge in [0.25, 0.3) is 0 Å². The zero-order valence-electron chi connectivity index (χ0n) is 10.2. The highest BCUT2D eigenvalue weighted by molar-refractivity contribution is 5.40. The van der Waals surface area contributed by atoms with Gasteiger partial charge in [-0.2, -0.15) is 0 Å². The Morgan fingerprint density at radius 3 is 2.75 bits per heavy atom. The van der Waals surface area contributed by atoms with Crippen LogP contribution < -0.4 is 4.90 Å². The molecule has 1 rings (SSSR count). The molecule has 0 radical (unpaired) electrons. The summed E-state index contributed by atoms with van der Waals surface area (Å²) < 4.78 is 5.29. The maximum Gasteiger partial charge on any atom is 0.128 e. The van der Waals surface area contributed by atoms with Crippen LogP contribution in [0, 0.1) is 6.92 Å². The Hall–Kier alpha value is -1.13. The first-order chi connectivity index (χ1) is 7.69. The lowest BCUT2D eigenvalue weighted by molar-refractivity contribution is 0.154. The van der Waals surface area contributed by atoms with Crippen molar-refractivity contribution in [1.82, 2.24) is 4.98 Å². The van der Waals surface area contributed by atoms with Crippen LogP contribution in [0.25, 0.3) is 0 Å². The van der Waals surface area contributed by atoms with Crippen molar-refractivity contribution in [3.8, 4) is 0 Å². The van der Waals surface area contributed by atoms with Gasteiger partial charge in [0.1, 0.15) is 5.82 Å². The fourth-order valence-electron chi connectivity index (χ4n) is 1.42. The predicted octanol–water partition coefficient (Wildman–Crippen LogP) is 1.36. The van der Waals surface area contributed by atoms with E-state index in [1.807, 2.05) is 37.9 Å². The van der Waals surface area contributed by atoms with E-state index in [4.69, 9.17) is 9.84 Å². The van der Waals surface area contributed by atoms with E-state index in [9.17, 15) is 0 Å². The van der Waals surface area contributed by atoms with Crippen LogP contribution in [-0.4, -0.2) is 36.9 Å². The van der Waals surface area contributed by atoms with Gasteiger partial charge in [-0.1, -0.05) is 6.07 Å². The fraction of sp³-hybridized carbons (Fsp3) is 0.583. The van der Waals surface area contributed by atoms with E-state index >= 15 is 0 Å². The molecule has 4 heteroatoms. The predicted molar refractivity (Wildman–Crippen MR) is 64.7 cm³/mol. The first-order valence-corrected chi connectivity index (χ1v) is 5.55. The lowest BCUT2D eigenvalue weighted by Gasteiger charge is -2.18. The van der Waals surface area contributed by atoms with E-state index in [0.717, 1.165) is 30.2 Å². The molecule has 90 valence electrons. The van der Waals surface area contributed by atoms with Gasteiger partial charge >= 0.3 is 0 Å². The molecule has 16 heavy (non-hydrogen) atoms. The van der Waals surface area contributed by atoms with Gasteiger partial charge in [0.05, 0.1) is 13.2 Å². The number of pyridine rings is 1. The molecule has 1 heterocycles. The van der Waals surface area contributed by atoms with Crippen molar-refractivity contribution in [2.24, 2.45) is 0 Å². The standard InChI is InChI=1S/C12H20N2O2/c1-4-16-8-7-14(3)12-6-5-11(9-15)10(2)13-12/h5-6,15H,4,7-9H2,1-3H3. The molecule has 0 bridgehead atoms. The minimum atomic E-state index is 0.0434. The molecule has 0 unspecified atom stereocenters. The highest BCUT2D eigenvalue weighted by Gasteiger charge is 2.04. The van der Waals surface area contributed by atoms with Gasteiger partial charge in [0.2, 0.25) is 0 Å². The molecule has 0 aromatic carbocycles. The minimum Gasteiger partial charge on any atom is -0.392 e. The molecule has 4 nitrogen and oxygen atoms in total. The van der Waals surface area contributed by atoms with Crippen LogP contribution in [0.3, 0.4) is 0 Å². The molecule has 0 saturated heterocycles. The van der Waals surface area contributed by atoms with E-state index < -0.39 is 0 Å². The number of nitrogens with zero attached hydrogens (tertiary/aromatic N) is 2. The van der Waals surface area contributed by atoms with Gasteiger partial charge < -0.3 is 14.7 Å². The second-order valence-corrected chi connectivity index (χ2v) is 3.69. The average Bonchev–Trinajstić information content (AvgIpc) is 2.29. The third-order valence-electron chi connectivity index (χ3n) is 2.52. The monoisotopic (exact) mass is 224 g/mol. The van der Waals surface area contributed by atoms with Crippen molar-refractivity contribution in [2.45, 2.75) is 20.5 Å². The molecule has 0 aliphatic rings. The summed E-state index contributed by atoms with van der Waals surface area (Å²) in [6.07, 6.45) is 0. The molecule has 1 aromatic rings. The number of hydrogen-bond donors (Lipinski definition) is 1. The number of aliphatic hydroxyl groups excluding tert-OH is 1. The second kappa shape index (κ2) is 6.45. The summed E-state index contributed by atoms with van der Waals surface area (Å²) in [7, 11) is 1.99. The summed E-state index contributed by atoms with van der Waals surface area (Å²) in [6, 6.07) is 3.83. The van der Waals surface area contributed by atoms with Gasteiger partial charge in [-0.15, -0.1) is 0 Å². The molecular formula is C12H20N2O2. The van der Waals surface area contributed by atoms with Crippen molar-refractivity contribution in [3.05, 3.63) is 23.4 Å². The molecular weight excluding hydrogens is 204 g/mol. The number of rotatable bonds is 6. The molecule has 1 N–H and O–H groups in total. The molecule has 0 saturated carbocycles. The summed E-state index contributed by atoms with van der Waals surface area (Å²) in [6.45, 7) is 6.20. The van der Waals surface area contributed by atoms with Crippen LogP contribution in [0.5, 0.6) is 0 Å². The summed E-state index contributed by atoms with van der Waals surface area (Å²) in [5, 5.41) is 9.05. The quantitative estimate of drug-likeness (QED) is 0.741. The lowest BCUT2D eigenvalue weighted by Crippen LogP contribution is -2.23. The Bertz CT molecular complexity index is 329. The average molecular weight is 224 g/mol. The van der Waals surface area contributed by atoms with E-state index in [1.165, 1.54) is 0 Å². The molecule has 0 fully saturated rings. The van der Waals surface area contributed by atoms with Crippen LogP contribution in [0.1, 0.15) is 18.2 Å². The fourth-order valence-corrected chi connectivity index (χ4v) is 1.42. The Labute approximate surface area is 96.9 Å². The molecule has 0 amide bonds. The minimum absolute atomic E-state index is 0.0434. The van der Waals surface area contributed by atoms with Crippen LogP contribution in [0.4, 0.5) is 5.82 Å². The topological polar surface area (TPSA) is 45.6 Å². The number of aromatic nitrogens is 1. The molecule has 0 aliphatic heterocycles. The summed E-state index contributed by atoms with van der Waals surface area (Å²) >= 11 is 0. The Morgan fingerprint density at radius 1 is 1.44 bits per heavy atom. The summed E-state index contributed by atoms with van der Waals surface area (Å²) in [4.78, 5) is 6.48. The van der Waals surface area contributed by atoms with E-state index in [2.05, 4.69) is 4.98 Å². The number of anilines is 1. The lowest BCUT2D eigenvalue weighted by atomic mass is 10.2. The summed E-state index contributed by atoms with van der Waals surface area (Å²) in [5.41, 5.74) is 1.75. The largest absolute Gasteiger partial charge is 0.392 e. The number of likely N-dealkylation sites (N-methyl/N-ethyl adjacent to an activating group) is 1. The van der Waals surface area contributed by atoms with Gasteiger partial charge in [-0.05, 0) is 25.5 Å². The van der Waals surface area contributed by atoms with Gasteiger partial charge in [-0.3, -0.25) is 0 Å². The number of ether oxygens (including phenoxy) is 1. The normalized spacial score (nSPS) is 10.5. The maximum absolute atomic E-state index is 9.05. The third-order valence-corrected chi connectivity index (χ3v) is 2.52. The van der Waals surface area contributed by atoms with Crippen LogP contribution >= 0.6 is 0 Å². The number of hydrogen-bond acceptors (Lipinski definition) is 4. The van der Waals surface area contributed by atoms with Crippen molar-refractivity contribution in [1.29, 1.82) is 0 Å². The van der Waals surface area contributed by atoms with Crippen molar-refractivity contribution in [3.63, 3.8) is 0 Å². The Balaban J connectivity index is 2.62. The van der Waals surface area contributed by atoms with Gasteiger partial charge in [-0.25, -0.2) is 4.98 Å². The van der Waals surface area contributed by atoms with Crippen LogP contribution in [-0.2, 0) is 11.3 Å². The number of aliphatic hydroxyl groups is 1. The van der Waals surface area contributed by atoms with Crippen molar-refractivity contribution in [2.75, 3.05) is 31.7 Å². The Kier molecular flexibility index (Phi) is 5.22. The Morgan fingerprint density at radius 2 is 2.19 bits per heavy atom.